The second-order valence-electron chi connectivity index (χ2n) is 7.46. The Balaban J connectivity index is 1.96. The fraction of sp³-hybridized carbons (Fsp3) is 0.217. The summed E-state index contributed by atoms with van der Waals surface area (Å²) in [6.45, 7) is 3.81. The number of hydrogen-bond donors (Lipinski definition) is 3. The van der Waals surface area contributed by atoms with Crippen molar-refractivity contribution in [2.45, 2.75) is 24.0 Å². The monoisotopic (exact) mass is 456 g/mol. The van der Waals surface area contributed by atoms with Gasteiger partial charge in [-0.3, -0.25) is 4.79 Å². The van der Waals surface area contributed by atoms with Crippen molar-refractivity contribution in [3.05, 3.63) is 95.8 Å². The number of benzene rings is 2. The standard InChI is InChI=1S/C23H22F2N4O4/c1-14(21-26-27-28-29(21)2)3-12-19(30)13-20(31)23(22(32)33,15-4-8-17(24)9-5-15)16-6-10-18(25)11-7-16/h3-12,19-20,30-31H,1,13H2,2H3,(H,32,33). The average molecular weight is 456 g/mol. The molecule has 2 atom stereocenters. The Morgan fingerprint density at radius 2 is 1.61 bits per heavy atom. The number of carboxylic acids is 1. The lowest BCUT2D eigenvalue weighted by Gasteiger charge is -2.36. The van der Waals surface area contributed by atoms with Crippen molar-refractivity contribution in [2.75, 3.05) is 0 Å². The van der Waals surface area contributed by atoms with Gasteiger partial charge in [0, 0.05) is 19.0 Å². The van der Waals surface area contributed by atoms with E-state index in [2.05, 4.69) is 22.1 Å². The molecule has 0 aliphatic rings. The van der Waals surface area contributed by atoms with Crippen LogP contribution in [0.3, 0.4) is 0 Å². The molecule has 0 saturated heterocycles. The van der Waals surface area contributed by atoms with E-state index in [0.29, 0.717) is 11.4 Å². The Hall–Kier alpha value is -3.76. The Labute approximate surface area is 188 Å². The number of halogens is 2. The molecule has 2 unspecified atom stereocenters. The largest absolute Gasteiger partial charge is 0.480 e. The van der Waals surface area contributed by atoms with Crippen LogP contribution in [0.5, 0.6) is 0 Å². The highest BCUT2D eigenvalue weighted by Crippen LogP contribution is 2.38. The maximum atomic E-state index is 13.5. The number of aliphatic hydroxyl groups is 2. The summed E-state index contributed by atoms with van der Waals surface area (Å²) < 4.78 is 28.4. The summed E-state index contributed by atoms with van der Waals surface area (Å²) in [4.78, 5) is 12.6. The zero-order chi connectivity index (χ0) is 24.2. The van der Waals surface area contributed by atoms with Crippen LogP contribution in [0.1, 0.15) is 23.4 Å². The van der Waals surface area contributed by atoms with Crippen molar-refractivity contribution in [1.29, 1.82) is 0 Å². The first kappa shape index (κ1) is 23.9. The van der Waals surface area contributed by atoms with Crippen molar-refractivity contribution in [3.63, 3.8) is 0 Å². The van der Waals surface area contributed by atoms with Crippen LogP contribution in [0.25, 0.3) is 5.57 Å². The van der Waals surface area contributed by atoms with Crippen LogP contribution in [-0.4, -0.2) is 53.7 Å². The molecule has 0 bridgehead atoms. The molecule has 3 rings (SSSR count). The number of aliphatic hydroxyl groups excluding tert-OH is 2. The number of aryl methyl sites for hydroxylation is 1. The minimum Gasteiger partial charge on any atom is -0.480 e. The molecular weight excluding hydrogens is 434 g/mol. The Kier molecular flexibility index (Phi) is 7.10. The Morgan fingerprint density at radius 1 is 1.09 bits per heavy atom. The van der Waals surface area contributed by atoms with E-state index in [9.17, 15) is 28.9 Å². The van der Waals surface area contributed by atoms with Gasteiger partial charge in [0.1, 0.15) is 17.0 Å². The van der Waals surface area contributed by atoms with Crippen molar-refractivity contribution in [2.24, 2.45) is 7.05 Å². The SMILES string of the molecule is C=C(C=CC(O)CC(O)C(C(=O)O)(c1ccc(F)cc1)c1ccc(F)cc1)c1nnnn1C. The van der Waals surface area contributed by atoms with Gasteiger partial charge in [-0.1, -0.05) is 43.0 Å². The van der Waals surface area contributed by atoms with Crippen molar-refractivity contribution in [3.8, 4) is 0 Å². The topological polar surface area (TPSA) is 121 Å². The van der Waals surface area contributed by atoms with Crippen LogP contribution in [-0.2, 0) is 17.3 Å². The second kappa shape index (κ2) is 9.80. The third kappa shape index (κ3) is 4.86. The van der Waals surface area contributed by atoms with Crippen LogP contribution >= 0.6 is 0 Å². The number of aliphatic carboxylic acids is 1. The van der Waals surface area contributed by atoms with Gasteiger partial charge in [0.05, 0.1) is 12.2 Å². The molecule has 0 amide bonds. The first-order valence-corrected chi connectivity index (χ1v) is 9.87. The third-order valence-electron chi connectivity index (χ3n) is 5.33. The van der Waals surface area contributed by atoms with Crippen LogP contribution < -0.4 is 0 Å². The minimum absolute atomic E-state index is 0.0706. The summed E-state index contributed by atoms with van der Waals surface area (Å²) in [5.74, 6) is -2.27. The van der Waals surface area contributed by atoms with Gasteiger partial charge in [0.25, 0.3) is 0 Å². The number of aromatic nitrogens is 4. The Morgan fingerprint density at radius 3 is 2.03 bits per heavy atom. The molecule has 0 spiro atoms. The summed E-state index contributed by atoms with van der Waals surface area (Å²) in [7, 11) is 1.61. The molecule has 0 saturated carbocycles. The van der Waals surface area contributed by atoms with Crippen molar-refractivity contribution < 1.29 is 28.9 Å². The first-order chi connectivity index (χ1) is 15.7. The maximum absolute atomic E-state index is 13.5. The van der Waals surface area contributed by atoms with Crippen LogP contribution in [0.4, 0.5) is 8.78 Å². The summed E-state index contributed by atoms with van der Waals surface area (Å²) in [5, 5.41) is 42.8. The molecule has 33 heavy (non-hydrogen) atoms. The fourth-order valence-corrected chi connectivity index (χ4v) is 3.65. The second-order valence-corrected chi connectivity index (χ2v) is 7.46. The number of tetrazole rings is 1. The van der Waals surface area contributed by atoms with Gasteiger partial charge < -0.3 is 15.3 Å². The summed E-state index contributed by atoms with van der Waals surface area (Å²) in [6, 6.07) is 9.22. The van der Waals surface area contributed by atoms with Crippen molar-refractivity contribution in [1.82, 2.24) is 20.2 Å². The van der Waals surface area contributed by atoms with Crippen molar-refractivity contribution >= 4 is 11.5 Å². The van der Waals surface area contributed by atoms with Gasteiger partial charge in [-0.25, -0.2) is 13.5 Å². The quantitative estimate of drug-likeness (QED) is 0.422. The smallest absolute Gasteiger partial charge is 0.321 e. The van der Waals surface area contributed by atoms with Crippen LogP contribution in [0, 0.1) is 11.6 Å². The first-order valence-electron chi connectivity index (χ1n) is 9.87. The van der Waals surface area contributed by atoms with Gasteiger partial charge in [-0.15, -0.1) is 5.10 Å². The highest BCUT2D eigenvalue weighted by atomic mass is 19.1. The zero-order valence-electron chi connectivity index (χ0n) is 17.6. The lowest BCUT2D eigenvalue weighted by molar-refractivity contribution is -0.147. The van der Waals surface area contributed by atoms with Gasteiger partial charge >= 0.3 is 5.97 Å². The summed E-state index contributed by atoms with van der Waals surface area (Å²) in [5.41, 5.74) is -1.57. The number of carbonyl (C=O) groups is 1. The van der Waals surface area contributed by atoms with E-state index in [-0.39, 0.29) is 11.1 Å². The molecule has 2 aromatic carbocycles. The predicted octanol–water partition coefficient (Wildman–Crippen LogP) is 2.24. The lowest BCUT2D eigenvalue weighted by atomic mass is 9.69. The van der Waals surface area contributed by atoms with E-state index in [1.807, 2.05) is 0 Å². The number of hydrogen-bond acceptors (Lipinski definition) is 6. The molecule has 8 nitrogen and oxygen atoms in total. The molecule has 10 heteroatoms. The van der Waals surface area contributed by atoms with E-state index < -0.39 is 41.6 Å². The number of carboxylic acid groups (broad SMARTS) is 1. The van der Waals surface area contributed by atoms with Gasteiger partial charge in [0.2, 0.25) is 0 Å². The fourth-order valence-electron chi connectivity index (χ4n) is 3.65. The average Bonchev–Trinajstić information content (AvgIpc) is 3.20. The molecule has 1 heterocycles. The van der Waals surface area contributed by atoms with Gasteiger partial charge in [-0.2, -0.15) is 0 Å². The van der Waals surface area contributed by atoms with Crippen LogP contribution in [0.2, 0.25) is 0 Å². The summed E-state index contributed by atoms with van der Waals surface area (Å²) >= 11 is 0. The molecule has 0 aliphatic heterocycles. The maximum Gasteiger partial charge on any atom is 0.321 e. The molecule has 0 radical (unpaired) electrons. The van der Waals surface area contributed by atoms with Crippen LogP contribution in [0.15, 0.2) is 67.3 Å². The van der Waals surface area contributed by atoms with E-state index in [1.54, 1.807) is 7.05 Å². The van der Waals surface area contributed by atoms with E-state index in [1.165, 1.54) is 41.1 Å². The molecule has 0 aliphatic carbocycles. The molecular formula is C23H22F2N4O4. The Bertz CT molecular complexity index is 1110. The minimum atomic E-state index is -2.10. The molecule has 3 N–H and O–H groups in total. The van der Waals surface area contributed by atoms with Gasteiger partial charge in [0.15, 0.2) is 5.82 Å². The number of allylic oxidation sites excluding steroid dienone is 2. The number of nitrogens with zero attached hydrogens (tertiary/aromatic N) is 4. The van der Waals surface area contributed by atoms with E-state index in [4.69, 9.17) is 0 Å². The molecule has 0 fully saturated rings. The lowest BCUT2D eigenvalue weighted by Crippen LogP contribution is -2.49. The van der Waals surface area contributed by atoms with Gasteiger partial charge in [-0.05, 0) is 45.8 Å². The zero-order valence-corrected chi connectivity index (χ0v) is 17.6. The molecule has 172 valence electrons. The normalized spacial score (nSPS) is 13.7. The number of rotatable bonds is 9. The van der Waals surface area contributed by atoms with E-state index in [0.717, 1.165) is 24.3 Å². The highest BCUT2D eigenvalue weighted by Gasteiger charge is 2.49. The van der Waals surface area contributed by atoms with E-state index >= 15 is 0 Å². The molecule has 1 aromatic heterocycles. The summed E-state index contributed by atoms with van der Waals surface area (Å²) in [6.07, 6.45) is -0.585. The highest BCUT2D eigenvalue weighted by molar-refractivity contribution is 5.87. The predicted molar refractivity (Wildman–Crippen MR) is 115 cm³/mol. The molecule has 3 aromatic rings. The third-order valence-corrected chi connectivity index (χ3v) is 5.33.